The summed E-state index contributed by atoms with van der Waals surface area (Å²) in [6, 6.07) is 5.01. The van der Waals surface area contributed by atoms with Crippen LogP contribution in [0.15, 0.2) is 43.5 Å². The van der Waals surface area contributed by atoms with Crippen LogP contribution in [0.4, 0.5) is 0 Å². The lowest BCUT2D eigenvalue weighted by Gasteiger charge is -2.23. The van der Waals surface area contributed by atoms with Gasteiger partial charge in [0.15, 0.2) is 6.61 Å². The number of amides is 2. The Bertz CT molecular complexity index is 601. The van der Waals surface area contributed by atoms with Gasteiger partial charge in [0.25, 0.3) is 5.91 Å². The fourth-order valence-corrected chi connectivity index (χ4v) is 2.14. The molecular formula is C19H26N2O3. The molecule has 1 rings (SSSR count). The van der Waals surface area contributed by atoms with Crippen molar-refractivity contribution in [1.29, 1.82) is 0 Å². The minimum absolute atomic E-state index is 0.136. The zero-order valence-corrected chi connectivity index (χ0v) is 14.7. The van der Waals surface area contributed by atoms with Crippen molar-refractivity contribution < 1.29 is 14.3 Å². The van der Waals surface area contributed by atoms with Gasteiger partial charge < -0.3 is 15.0 Å². The fourth-order valence-electron chi connectivity index (χ4n) is 2.14. The molecule has 0 aliphatic heterocycles. The molecule has 0 saturated carbocycles. The lowest BCUT2D eigenvalue weighted by Crippen LogP contribution is -2.48. The summed E-state index contributed by atoms with van der Waals surface area (Å²) >= 11 is 0. The molecule has 0 aliphatic rings. The zero-order chi connectivity index (χ0) is 18.1. The molecule has 5 heteroatoms. The molecule has 1 aromatic carbocycles. The van der Waals surface area contributed by atoms with Gasteiger partial charge in [0.1, 0.15) is 11.8 Å². The number of benzene rings is 1. The van der Waals surface area contributed by atoms with Gasteiger partial charge in [-0.15, -0.1) is 13.2 Å². The Morgan fingerprint density at radius 1 is 1.21 bits per heavy atom. The Hall–Kier alpha value is -2.56. The summed E-state index contributed by atoms with van der Waals surface area (Å²) in [6.45, 7) is 13.6. The Labute approximate surface area is 144 Å². The quantitative estimate of drug-likeness (QED) is 0.707. The van der Waals surface area contributed by atoms with E-state index in [-0.39, 0.29) is 18.4 Å². The first-order valence-electron chi connectivity index (χ1n) is 7.89. The van der Waals surface area contributed by atoms with Crippen LogP contribution in [0.25, 0.3) is 0 Å². The maximum Gasteiger partial charge on any atom is 0.258 e. The van der Waals surface area contributed by atoms with Crippen LogP contribution in [-0.4, -0.2) is 42.5 Å². The van der Waals surface area contributed by atoms with E-state index in [1.165, 1.54) is 0 Å². The van der Waals surface area contributed by atoms with Gasteiger partial charge in [-0.2, -0.15) is 0 Å². The summed E-state index contributed by atoms with van der Waals surface area (Å²) in [7, 11) is 0. The van der Waals surface area contributed by atoms with Crippen molar-refractivity contribution in [3.05, 3.63) is 54.6 Å². The van der Waals surface area contributed by atoms with Crippen molar-refractivity contribution in [2.75, 3.05) is 19.7 Å². The number of carbonyl (C=O) groups excluding carboxylic acids is 2. The fraction of sp³-hybridized carbons (Fsp3) is 0.368. The summed E-state index contributed by atoms with van der Waals surface area (Å²) in [5, 5.41) is 2.65. The average molecular weight is 330 g/mol. The lowest BCUT2D eigenvalue weighted by atomic mass is 10.1. The molecule has 0 aliphatic carbocycles. The Balaban J connectivity index is 2.53. The number of ether oxygens (including phenoxy) is 1. The molecule has 24 heavy (non-hydrogen) atoms. The minimum Gasteiger partial charge on any atom is -0.484 e. The monoisotopic (exact) mass is 330 g/mol. The summed E-state index contributed by atoms with van der Waals surface area (Å²) in [4.78, 5) is 25.8. The first-order valence-corrected chi connectivity index (χ1v) is 7.89. The van der Waals surface area contributed by atoms with Gasteiger partial charge in [0.05, 0.1) is 0 Å². The van der Waals surface area contributed by atoms with Gasteiger partial charge in [-0.25, -0.2) is 0 Å². The number of nitrogens with one attached hydrogen (secondary N) is 1. The van der Waals surface area contributed by atoms with Crippen molar-refractivity contribution in [1.82, 2.24) is 10.2 Å². The van der Waals surface area contributed by atoms with Gasteiger partial charge in [-0.3, -0.25) is 9.59 Å². The molecule has 1 unspecified atom stereocenters. The number of nitrogens with zero attached hydrogens (tertiary/aromatic N) is 1. The second kappa shape index (κ2) is 9.55. The van der Waals surface area contributed by atoms with Crippen molar-refractivity contribution in [3.8, 4) is 5.75 Å². The number of rotatable bonds is 9. The lowest BCUT2D eigenvalue weighted by molar-refractivity contribution is -0.135. The molecule has 130 valence electrons. The minimum atomic E-state index is -0.638. The highest BCUT2D eigenvalue weighted by molar-refractivity contribution is 5.88. The first-order chi connectivity index (χ1) is 11.4. The third-order valence-corrected chi connectivity index (χ3v) is 3.61. The van der Waals surface area contributed by atoms with E-state index in [4.69, 9.17) is 4.74 Å². The summed E-state index contributed by atoms with van der Waals surface area (Å²) in [6.07, 6.45) is 3.28. The van der Waals surface area contributed by atoms with Crippen LogP contribution in [0.5, 0.6) is 5.75 Å². The predicted octanol–water partition coefficient (Wildman–Crippen LogP) is 2.39. The van der Waals surface area contributed by atoms with E-state index in [9.17, 15) is 9.59 Å². The van der Waals surface area contributed by atoms with Crippen LogP contribution >= 0.6 is 0 Å². The topological polar surface area (TPSA) is 58.6 Å². The Kier molecular flexibility index (Phi) is 7.75. The first kappa shape index (κ1) is 19.5. The number of hydrogen-bond acceptors (Lipinski definition) is 3. The summed E-state index contributed by atoms with van der Waals surface area (Å²) in [5.74, 6) is 0.104. The van der Waals surface area contributed by atoms with E-state index >= 15 is 0 Å². The van der Waals surface area contributed by atoms with Gasteiger partial charge in [0.2, 0.25) is 5.91 Å². The highest BCUT2D eigenvalue weighted by Crippen LogP contribution is 2.16. The molecule has 0 heterocycles. The number of aryl methyl sites for hydroxylation is 2. The zero-order valence-electron chi connectivity index (χ0n) is 14.7. The number of hydrogen-bond donors (Lipinski definition) is 1. The van der Waals surface area contributed by atoms with E-state index in [0.29, 0.717) is 18.8 Å². The molecule has 0 aromatic heterocycles. The molecular weight excluding hydrogens is 304 g/mol. The maximum absolute atomic E-state index is 12.3. The molecule has 0 fully saturated rings. The second-order valence-electron chi connectivity index (χ2n) is 5.64. The van der Waals surface area contributed by atoms with Crippen molar-refractivity contribution in [3.63, 3.8) is 0 Å². The summed E-state index contributed by atoms with van der Waals surface area (Å²) < 4.78 is 5.47. The molecule has 0 bridgehead atoms. The third-order valence-electron chi connectivity index (χ3n) is 3.61. The van der Waals surface area contributed by atoms with Crippen LogP contribution in [0.2, 0.25) is 0 Å². The normalized spacial score (nSPS) is 11.3. The van der Waals surface area contributed by atoms with Crippen LogP contribution in [0, 0.1) is 13.8 Å². The highest BCUT2D eigenvalue weighted by Gasteiger charge is 2.20. The van der Waals surface area contributed by atoms with E-state index in [1.54, 1.807) is 24.0 Å². The third kappa shape index (κ3) is 5.91. The average Bonchev–Trinajstić information content (AvgIpc) is 2.55. The van der Waals surface area contributed by atoms with Gasteiger partial charge >= 0.3 is 0 Å². The second-order valence-corrected chi connectivity index (χ2v) is 5.64. The van der Waals surface area contributed by atoms with Crippen LogP contribution in [0.3, 0.4) is 0 Å². The highest BCUT2D eigenvalue weighted by atomic mass is 16.5. The molecule has 0 saturated heterocycles. The van der Waals surface area contributed by atoms with Crippen molar-refractivity contribution >= 4 is 11.8 Å². The molecule has 2 amide bonds. The molecule has 1 N–H and O–H groups in total. The van der Waals surface area contributed by atoms with Crippen LogP contribution in [-0.2, 0) is 9.59 Å². The van der Waals surface area contributed by atoms with Gasteiger partial charge in [0, 0.05) is 13.1 Å². The SMILES string of the molecule is C=CCN(CC=C)C(=O)C(C)NC(=O)COc1ccc(C)c(C)c1. The van der Waals surface area contributed by atoms with Crippen LogP contribution in [0.1, 0.15) is 18.1 Å². The maximum atomic E-state index is 12.3. The Morgan fingerprint density at radius 3 is 2.38 bits per heavy atom. The predicted molar refractivity (Wildman–Crippen MR) is 96.0 cm³/mol. The van der Waals surface area contributed by atoms with E-state index in [1.807, 2.05) is 32.0 Å². The largest absolute Gasteiger partial charge is 0.484 e. The standard InChI is InChI=1S/C19H26N2O3/c1-6-10-21(11-7-2)19(23)16(5)20-18(22)13-24-17-9-8-14(3)15(4)12-17/h6-9,12,16H,1-2,10-11,13H2,3-5H3,(H,20,22). The number of carbonyl (C=O) groups is 2. The van der Waals surface area contributed by atoms with E-state index in [0.717, 1.165) is 11.1 Å². The molecule has 0 spiro atoms. The van der Waals surface area contributed by atoms with Gasteiger partial charge in [-0.1, -0.05) is 18.2 Å². The smallest absolute Gasteiger partial charge is 0.258 e. The van der Waals surface area contributed by atoms with Crippen LogP contribution < -0.4 is 10.1 Å². The van der Waals surface area contributed by atoms with Crippen molar-refractivity contribution in [2.24, 2.45) is 0 Å². The summed E-state index contributed by atoms with van der Waals surface area (Å²) in [5.41, 5.74) is 2.26. The van der Waals surface area contributed by atoms with Crippen molar-refractivity contribution in [2.45, 2.75) is 26.8 Å². The molecule has 1 atom stereocenters. The Morgan fingerprint density at radius 2 is 1.83 bits per heavy atom. The molecule has 5 nitrogen and oxygen atoms in total. The molecule has 0 radical (unpaired) electrons. The van der Waals surface area contributed by atoms with E-state index in [2.05, 4.69) is 18.5 Å². The molecule has 1 aromatic rings. The van der Waals surface area contributed by atoms with E-state index < -0.39 is 6.04 Å². The van der Waals surface area contributed by atoms with Gasteiger partial charge in [-0.05, 0) is 44.0 Å².